The molecule has 2 aromatic carbocycles. The van der Waals surface area contributed by atoms with E-state index < -0.39 is 63.3 Å². The van der Waals surface area contributed by atoms with Crippen molar-refractivity contribution in [3.8, 4) is 11.5 Å². The minimum atomic E-state index is -4.73. The number of carbonyl (C=O) groups excluding carboxylic acids is 2. The van der Waals surface area contributed by atoms with Gasteiger partial charge in [-0.05, 0) is 67.9 Å². The van der Waals surface area contributed by atoms with Crippen LogP contribution in [-0.2, 0) is 31.7 Å². The predicted molar refractivity (Wildman–Crippen MR) is 120 cm³/mol. The van der Waals surface area contributed by atoms with Gasteiger partial charge in [-0.1, -0.05) is 23.2 Å². The Hall–Kier alpha value is -2.31. The highest BCUT2D eigenvalue weighted by Crippen LogP contribution is 2.44. The van der Waals surface area contributed by atoms with Gasteiger partial charge < -0.3 is 14.2 Å². The van der Waals surface area contributed by atoms with E-state index in [1.807, 2.05) is 0 Å². The molecule has 0 aliphatic heterocycles. The molecule has 0 saturated carbocycles. The molecule has 0 heterocycles. The van der Waals surface area contributed by atoms with E-state index in [0.717, 1.165) is 18.2 Å². The molecule has 36 heavy (non-hydrogen) atoms. The summed E-state index contributed by atoms with van der Waals surface area (Å²) in [6.07, 6.45) is -5.27. The lowest BCUT2D eigenvalue weighted by atomic mass is 9.99. The van der Waals surface area contributed by atoms with Gasteiger partial charge in [-0.15, -0.1) is 0 Å². The van der Waals surface area contributed by atoms with E-state index in [0.29, 0.717) is 12.1 Å². The average Bonchev–Trinajstić information content (AvgIpc) is 2.74. The first-order chi connectivity index (χ1) is 16.7. The molecule has 2 rings (SSSR count). The number of hydrogen-bond acceptors (Lipinski definition) is 6. The normalized spacial score (nSPS) is 12.0. The van der Waals surface area contributed by atoms with Crippen molar-refractivity contribution < 1.29 is 50.1 Å². The van der Waals surface area contributed by atoms with Crippen molar-refractivity contribution in [2.45, 2.75) is 36.8 Å². The van der Waals surface area contributed by atoms with Crippen LogP contribution in [0, 0.1) is 5.92 Å². The maximum atomic E-state index is 13.1. The molecule has 0 radical (unpaired) electrons. The van der Waals surface area contributed by atoms with Gasteiger partial charge in [0.2, 0.25) is 0 Å². The zero-order valence-corrected chi connectivity index (χ0v) is 20.9. The lowest BCUT2D eigenvalue weighted by molar-refractivity contribution is -0.161. The van der Waals surface area contributed by atoms with Gasteiger partial charge in [0.05, 0.1) is 28.8 Å². The second-order valence-electron chi connectivity index (χ2n) is 6.95. The van der Waals surface area contributed by atoms with Crippen molar-refractivity contribution >= 4 is 46.9 Å². The van der Waals surface area contributed by atoms with Crippen molar-refractivity contribution in [3.63, 3.8) is 0 Å². The molecule has 0 amide bonds. The Morgan fingerprint density at radius 1 is 0.917 bits per heavy atom. The van der Waals surface area contributed by atoms with Crippen LogP contribution in [0.1, 0.15) is 25.0 Å². The van der Waals surface area contributed by atoms with Gasteiger partial charge in [-0.2, -0.15) is 26.3 Å². The minimum Gasteiger partial charge on any atom is -0.465 e. The first-order valence-electron chi connectivity index (χ1n) is 10.1. The second-order valence-corrected chi connectivity index (χ2v) is 8.87. The molecule has 0 unspecified atom stereocenters. The number of hydrogen-bond donors (Lipinski definition) is 0. The molecule has 0 saturated heterocycles. The molecule has 0 atom stereocenters. The second kappa shape index (κ2) is 12.3. The molecule has 2 aromatic rings. The molecular weight excluding hydrogens is 561 g/mol. The maximum absolute atomic E-state index is 13.1. The van der Waals surface area contributed by atoms with Crippen LogP contribution in [-0.4, -0.2) is 30.7 Å². The molecule has 0 aliphatic rings. The van der Waals surface area contributed by atoms with Gasteiger partial charge in [0.25, 0.3) is 0 Å². The molecule has 14 heteroatoms. The van der Waals surface area contributed by atoms with E-state index in [1.165, 1.54) is 13.8 Å². The summed E-state index contributed by atoms with van der Waals surface area (Å²) >= 11 is 11.3. The summed E-state index contributed by atoms with van der Waals surface area (Å²) in [4.78, 5) is 24.3. The zero-order chi connectivity index (χ0) is 27.3. The van der Waals surface area contributed by atoms with E-state index >= 15 is 0 Å². The molecule has 0 fully saturated rings. The minimum absolute atomic E-state index is 0.0903. The van der Waals surface area contributed by atoms with Gasteiger partial charge >= 0.3 is 23.6 Å². The summed E-state index contributed by atoms with van der Waals surface area (Å²) in [5.74, 6) is -4.11. The highest BCUT2D eigenvalue weighted by Gasteiger charge is 2.35. The standard InChI is InChI=1S/C22H18Cl2F6O5S/c1-3-33-19(31)14(20(32)34-4-2)8-11-7-13(5-6-17(11)36-22(28,29)30)35-18-15(23)9-12(10-16(18)24)21(25,26)27/h5-7,9-10,14H,3-4,8H2,1-2H3. The molecule has 0 N–H and O–H groups in total. The quantitative estimate of drug-likeness (QED) is 0.131. The first kappa shape index (κ1) is 29.9. The van der Waals surface area contributed by atoms with E-state index in [4.69, 9.17) is 37.4 Å². The zero-order valence-electron chi connectivity index (χ0n) is 18.6. The summed E-state index contributed by atoms with van der Waals surface area (Å²) in [5.41, 5.74) is -5.98. The Morgan fingerprint density at radius 3 is 1.89 bits per heavy atom. The van der Waals surface area contributed by atoms with Crippen LogP contribution in [0.2, 0.25) is 10.0 Å². The predicted octanol–water partition coefficient (Wildman–Crippen LogP) is 7.70. The Kier molecular flexibility index (Phi) is 10.2. The van der Waals surface area contributed by atoms with Gasteiger partial charge in [0.15, 0.2) is 11.7 Å². The average molecular weight is 579 g/mol. The maximum Gasteiger partial charge on any atom is 0.446 e. The third kappa shape index (κ3) is 8.38. The summed E-state index contributed by atoms with van der Waals surface area (Å²) in [6.45, 7) is 2.79. The Bertz CT molecular complexity index is 1070. The SMILES string of the molecule is CCOC(=O)C(Cc1cc(Oc2c(Cl)cc(C(F)(F)F)cc2Cl)ccc1SC(F)(F)F)C(=O)OCC. The van der Waals surface area contributed by atoms with Crippen LogP contribution in [0.5, 0.6) is 11.5 Å². The van der Waals surface area contributed by atoms with Crippen molar-refractivity contribution in [2.24, 2.45) is 5.92 Å². The molecular formula is C22H18Cl2F6O5S. The number of esters is 2. The van der Waals surface area contributed by atoms with Gasteiger partial charge in [0.1, 0.15) is 5.75 Å². The Labute approximate surface area is 216 Å². The fraction of sp³-hybridized carbons (Fsp3) is 0.364. The number of ether oxygens (including phenoxy) is 3. The lowest BCUT2D eigenvalue weighted by Crippen LogP contribution is -2.30. The van der Waals surface area contributed by atoms with E-state index in [2.05, 4.69) is 0 Å². The summed E-state index contributed by atoms with van der Waals surface area (Å²) in [6, 6.07) is 4.36. The summed E-state index contributed by atoms with van der Waals surface area (Å²) < 4.78 is 93.5. The fourth-order valence-electron chi connectivity index (χ4n) is 2.91. The summed E-state index contributed by atoms with van der Waals surface area (Å²) in [5, 5.41) is -0.998. The number of benzene rings is 2. The number of rotatable bonds is 9. The van der Waals surface area contributed by atoms with Crippen LogP contribution >= 0.6 is 35.0 Å². The number of halogens is 8. The van der Waals surface area contributed by atoms with Gasteiger partial charge in [-0.3, -0.25) is 9.59 Å². The van der Waals surface area contributed by atoms with Crippen LogP contribution in [0.15, 0.2) is 35.2 Å². The van der Waals surface area contributed by atoms with E-state index in [9.17, 15) is 35.9 Å². The molecule has 0 spiro atoms. The smallest absolute Gasteiger partial charge is 0.446 e. The topological polar surface area (TPSA) is 61.8 Å². The molecule has 198 valence electrons. The molecule has 0 aromatic heterocycles. The van der Waals surface area contributed by atoms with Crippen molar-refractivity contribution in [2.75, 3.05) is 13.2 Å². The largest absolute Gasteiger partial charge is 0.465 e. The first-order valence-corrected chi connectivity index (χ1v) is 11.7. The number of carbonyl (C=O) groups is 2. The summed E-state index contributed by atoms with van der Waals surface area (Å²) in [7, 11) is 0. The third-order valence-electron chi connectivity index (χ3n) is 4.37. The number of thioether (sulfide) groups is 1. The molecule has 0 aliphatic carbocycles. The molecule has 5 nitrogen and oxygen atoms in total. The monoisotopic (exact) mass is 578 g/mol. The highest BCUT2D eigenvalue weighted by atomic mass is 35.5. The van der Waals surface area contributed by atoms with E-state index in [1.54, 1.807) is 0 Å². The Morgan fingerprint density at radius 2 is 1.44 bits per heavy atom. The number of alkyl halides is 6. The third-order valence-corrected chi connectivity index (χ3v) is 5.78. The van der Waals surface area contributed by atoms with Crippen molar-refractivity contribution in [3.05, 3.63) is 51.5 Å². The van der Waals surface area contributed by atoms with Crippen LogP contribution in [0.3, 0.4) is 0 Å². The van der Waals surface area contributed by atoms with Crippen LogP contribution in [0.25, 0.3) is 0 Å². The fourth-order valence-corrected chi connectivity index (χ4v) is 4.13. The van der Waals surface area contributed by atoms with E-state index in [-0.39, 0.29) is 35.2 Å². The van der Waals surface area contributed by atoms with Crippen LogP contribution < -0.4 is 4.74 Å². The van der Waals surface area contributed by atoms with Gasteiger partial charge in [0, 0.05) is 4.90 Å². The van der Waals surface area contributed by atoms with Crippen molar-refractivity contribution in [1.82, 2.24) is 0 Å². The highest BCUT2D eigenvalue weighted by molar-refractivity contribution is 8.00. The lowest BCUT2D eigenvalue weighted by Gasteiger charge is -2.18. The Balaban J connectivity index is 2.50. The van der Waals surface area contributed by atoms with Gasteiger partial charge in [-0.25, -0.2) is 0 Å². The molecule has 0 bridgehead atoms. The van der Waals surface area contributed by atoms with Crippen molar-refractivity contribution in [1.29, 1.82) is 0 Å². The van der Waals surface area contributed by atoms with Crippen LogP contribution in [0.4, 0.5) is 26.3 Å².